The zero-order chi connectivity index (χ0) is 13.4. The molecule has 0 aliphatic carbocycles. The molecular formula is C14H16N2O3. The summed E-state index contributed by atoms with van der Waals surface area (Å²) in [6, 6.07) is 5.30. The summed E-state index contributed by atoms with van der Waals surface area (Å²) in [6.45, 7) is 2.67. The molecule has 2 aliphatic heterocycles. The molecule has 1 saturated heterocycles. The van der Waals surface area contributed by atoms with Crippen molar-refractivity contribution in [2.24, 2.45) is 5.92 Å². The fraction of sp³-hybridized carbons (Fsp3) is 0.429. The van der Waals surface area contributed by atoms with Gasteiger partial charge in [0.2, 0.25) is 5.91 Å². The highest BCUT2D eigenvalue weighted by Crippen LogP contribution is 2.24. The van der Waals surface area contributed by atoms with Gasteiger partial charge in [-0.2, -0.15) is 0 Å². The van der Waals surface area contributed by atoms with Crippen LogP contribution in [0.5, 0.6) is 0 Å². The molecule has 5 heteroatoms. The molecule has 0 unspecified atom stereocenters. The lowest BCUT2D eigenvalue weighted by Gasteiger charge is -2.35. The van der Waals surface area contributed by atoms with Gasteiger partial charge in [-0.05, 0) is 23.6 Å². The number of rotatable bonds is 2. The van der Waals surface area contributed by atoms with Gasteiger partial charge in [-0.15, -0.1) is 0 Å². The van der Waals surface area contributed by atoms with Crippen LogP contribution in [0, 0.1) is 5.92 Å². The number of hydrogen-bond acceptors (Lipinski definition) is 3. The van der Waals surface area contributed by atoms with Gasteiger partial charge in [-0.1, -0.05) is 12.1 Å². The molecule has 0 atom stereocenters. The van der Waals surface area contributed by atoms with Gasteiger partial charge in [0.15, 0.2) is 0 Å². The molecule has 5 nitrogen and oxygen atoms in total. The summed E-state index contributed by atoms with van der Waals surface area (Å²) in [5, 5.41) is 12.3. The second kappa shape index (κ2) is 4.66. The maximum atomic E-state index is 12.2. The van der Waals surface area contributed by atoms with E-state index in [2.05, 4.69) is 5.32 Å². The molecule has 19 heavy (non-hydrogen) atoms. The molecule has 0 saturated carbocycles. The Balaban J connectivity index is 1.82. The van der Waals surface area contributed by atoms with Gasteiger partial charge in [-0.3, -0.25) is 4.79 Å². The van der Waals surface area contributed by atoms with Crippen molar-refractivity contribution in [2.75, 3.05) is 19.6 Å². The van der Waals surface area contributed by atoms with Crippen LogP contribution in [0.15, 0.2) is 18.2 Å². The number of hydrogen-bond donors (Lipinski definition) is 2. The zero-order valence-corrected chi connectivity index (χ0v) is 10.6. The lowest BCUT2D eigenvalue weighted by Crippen LogP contribution is -2.52. The van der Waals surface area contributed by atoms with Crippen LogP contribution in [0.4, 0.5) is 0 Å². The van der Waals surface area contributed by atoms with Gasteiger partial charge in [0.05, 0.1) is 11.5 Å². The molecule has 0 bridgehead atoms. The fourth-order valence-corrected chi connectivity index (χ4v) is 2.72. The molecule has 0 spiro atoms. The Hall–Kier alpha value is -1.88. The summed E-state index contributed by atoms with van der Waals surface area (Å²) in [5.74, 6) is -0.603. The zero-order valence-electron chi connectivity index (χ0n) is 10.6. The standard InChI is InChI=1S/C14H16N2O3/c17-13(10-6-15-7-10)16-5-4-11-9(8-16)2-1-3-12(11)14(18)19/h1-3,10,15H,4-8H2,(H,18,19). The highest BCUT2D eigenvalue weighted by atomic mass is 16.4. The first kappa shape index (κ1) is 12.2. The number of carbonyl (C=O) groups excluding carboxylic acids is 1. The van der Waals surface area contributed by atoms with Crippen molar-refractivity contribution >= 4 is 11.9 Å². The molecule has 2 N–H and O–H groups in total. The Labute approximate surface area is 111 Å². The molecule has 100 valence electrons. The van der Waals surface area contributed by atoms with E-state index in [9.17, 15) is 9.59 Å². The SMILES string of the molecule is O=C(O)c1cccc2c1CCN(C(=O)C1CNC1)C2. The molecule has 1 aromatic carbocycles. The molecular weight excluding hydrogens is 244 g/mol. The number of nitrogens with zero attached hydrogens (tertiary/aromatic N) is 1. The van der Waals surface area contributed by atoms with Crippen molar-refractivity contribution in [2.45, 2.75) is 13.0 Å². The van der Waals surface area contributed by atoms with Crippen LogP contribution < -0.4 is 5.32 Å². The summed E-state index contributed by atoms with van der Waals surface area (Å²) in [7, 11) is 0. The molecule has 3 rings (SSSR count). The Morgan fingerprint density at radius 2 is 2.11 bits per heavy atom. The number of amides is 1. The summed E-state index contributed by atoms with van der Waals surface area (Å²) < 4.78 is 0. The molecule has 0 radical (unpaired) electrons. The minimum absolute atomic E-state index is 0.101. The van der Waals surface area contributed by atoms with Gasteiger partial charge in [-0.25, -0.2) is 4.79 Å². The number of carbonyl (C=O) groups is 2. The molecule has 1 aromatic rings. The third-order valence-electron chi connectivity index (χ3n) is 3.94. The van der Waals surface area contributed by atoms with Crippen LogP contribution in [0.3, 0.4) is 0 Å². The monoisotopic (exact) mass is 260 g/mol. The molecule has 1 amide bonds. The van der Waals surface area contributed by atoms with Crippen LogP contribution in [-0.4, -0.2) is 41.5 Å². The van der Waals surface area contributed by atoms with E-state index in [1.807, 2.05) is 11.0 Å². The van der Waals surface area contributed by atoms with Crippen molar-refractivity contribution in [1.29, 1.82) is 0 Å². The number of fused-ring (bicyclic) bond motifs is 1. The maximum Gasteiger partial charge on any atom is 0.335 e. The second-order valence-corrected chi connectivity index (χ2v) is 5.11. The lowest BCUT2D eigenvalue weighted by molar-refractivity contribution is -0.138. The first-order valence-corrected chi connectivity index (χ1v) is 6.50. The first-order valence-electron chi connectivity index (χ1n) is 6.50. The quantitative estimate of drug-likeness (QED) is 0.812. The van der Waals surface area contributed by atoms with Gasteiger partial charge >= 0.3 is 5.97 Å². The summed E-state index contributed by atoms with van der Waals surface area (Å²) in [6.07, 6.45) is 0.629. The molecule has 2 heterocycles. The molecule has 2 aliphatic rings. The Bertz CT molecular complexity index is 537. The van der Waals surface area contributed by atoms with Gasteiger partial charge in [0.25, 0.3) is 0 Å². The van der Waals surface area contributed by atoms with Gasteiger partial charge < -0.3 is 15.3 Å². The van der Waals surface area contributed by atoms with E-state index < -0.39 is 5.97 Å². The van der Waals surface area contributed by atoms with Gasteiger partial charge in [0, 0.05) is 26.2 Å². The van der Waals surface area contributed by atoms with E-state index in [1.165, 1.54) is 0 Å². The molecule has 1 fully saturated rings. The van der Waals surface area contributed by atoms with E-state index >= 15 is 0 Å². The van der Waals surface area contributed by atoms with Crippen molar-refractivity contribution in [3.8, 4) is 0 Å². The highest BCUT2D eigenvalue weighted by molar-refractivity contribution is 5.90. The van der Waals surface area contributed by atoms with Crippen LogP contribution in [-0.2, 0) is 17.8 Å². The normalized spacial score (nSPS) is 18.6. The van der Waals surface area contributed by atoms with Crippen LogP contribution in [0.2, 0.25) is 0 Å². The van der Waals surface area contributed by atoms with E-state index in [4.69, 9.17) is 5.11 Å². The lowest BCUT2D eigenvalue weighted by atomic mass is 9.93. The highest BCUT2D eigenvalue weighted by Gasteiger charge is 2.31. The largest absolute Gasteiger partial charge is 0.478 e. The van der Waals surface area contributed by atoms with E-state index in [0.717, 1.165) is 24.2 Å². The summed E-state index contributed by atoms with van der Waals surface area (Å²) in [4.78, 5) is 25.2. The molecule has 0 aromatic heterocycles. The second-order valence-electron chi connectivity index (χ2n) is 5.11. The predicted molar refractivity (Wildman–Crippen MR) is 68.9 cm³/mol. The van der Waals surface area contributed by atoms with E-state index in [0.29, 0.717) is 25.1 Å². The number of aromatic carboxylic acids is 1. The third kappa shape index (κ3) is 2.10. The van der Waals surface area contributed by atoms with Crippen LogP contribution >= 0.6 is 0 Å². The van der Waals surface area contributed by atoms with Gasteiger partial charge in [0.1, 0.15) is 0 Å². The number of carboxylic acid groups (broad SMARTS) is 1. The van der Waals surface area contributed by atoms with Crippen molar-refractivity contribution in [3.63, 3.8) is 0 Å². The van der Waals surface area contributed by atoms with Crippen molar-refractivity contribution in [3.05, 3.63) is 34.9 Å². The van der Waals surface area contributed by atoms with Crippen LogP contribution in [0.1, 0.15) is 21.5 Å². The maximum absolute atomic E-state index is 12.2. The third-order valence-corrected chi connectivity index (χ3v) is 3.94. The topological polar surface area (TPSA) is 69.6 Å². The van der Waals surface area contributed by atoms with E-state index in [1.54, 1.807) is 12.1 Å². The summed E-state index contributed by atoms with van der Waals surface area (Å²) >= 11 is 0. The number of benzene rings is 1. The van der Waals surface area contributed by atoms with E-state index in [-0.39, 0.29) is 11.8 Å². The number of carboxylic acids is 1. The van der Waals surface area contributed by atoms with Crippen LogP contribution in [0.25, 0.3) is 0 Å². The van der Waals surface area contributed by atoms with Crippen molar-refractivity contribution in [1.82, 2.24) is 10.2 Å². The minimum Gasteiger partial charge on any atom is -0.478 e. The Morgan fingerprint density at radius 1 is 1.32 bits per heavy atom. The Kier molecular flexibility index (Phi) is 2.98. The summed E-state index contributed by atoms with van der Waals surface area (Å²) in [5.41, 5.74) is 2.22. The average molecular weight is 260 g/mol. The Morgan fingerprint density at radius 3 is 2.74 bits per heavy atom. The predicted octanol–water partition coefficient (Wildman–Crippen LogP) is 0.489. The average Bonchev–Trinajstić information content (AvgIpc) is 2.35. The number of nitrogens with one attached hydrogen (secondary N) is 1. The first-order chi connectivity index (χ1) is 9.16. The van der Waals surface area contributed by atoms with Crippen molar-refractivity contribution < 1.29 is 14.7 Å². The fourth-order valence-electron chi connectivity index (χ4n) is 2.72. The smallest absolute Gasteiger partial charge is 0.335 e. The minimum atomic E-state index is -0.889.